The molecule has 5 aromatic rings. The molecule has 1 fully saturated rings. The van der Waals surface area contributed by atoms with Crippen molar-refractivity contribution in [1.29, 1.82) is 0 Å². The molecule has 6 rings (SSSR count). The minimum absolute atomic E-state index is 0.0385. The van der Waals surface area contributed by atoms with Gasteiger partial charge in [-0.2, -0.15) is 0 Å². The molecule has 4 unspecified atom stereocenters. The molecule has 0 saturated carbocycles. The Bertz CT molecular complexity index is 1860. The van der Waals surface area contributed by atoms with Crippen molar-refractivity contribution in [3.05, 3.63) is 179 Å². The number of benzene rings is 5. The molecule has 1 N–H and O–H groups in total. The summed E-state index contributed by atoms with van der Waals surface area (Å²) in [5.41, 5.74) is 3.31. The van der Waals surface area contributed by atoms with E-state index in [0.717, 1.165) is 16.7 Å². The van der Waals surface area contributed by atoms with Gasteiger partial charge in [0.05, 0.1) is 37.6 Å². The summed E-state index contributed by atoms with van der Waals surface area (Å²) in [4.78, 5) is 26.5. The van der Waals surface area contributed by atoms with Gasteiger partial charge in [-0.25, -0.2) is 9.59 Å². The summed E-state index contributed by atoms with van der Waals surface area (Å²) in [6.45, 7) is 1.30. The van der Waals surface area contributed by atoms with Crippen molar-refractivity contribution in [2.24, 2.45) is 0 Å². The van der Waals surface area contributed by atoms with E-state index >= 15 is 0 Å². The summed E-state index contributed by atoms with van der Waals surface area (Å²) < 4.78 is 43.8. The number of aliphatic hydroxyl groups is 1. The Kier molecular flexibility index (Phi) is 13.7. The molecule has 0 radical (unpaired) electrons. The minimum atomic E-state index is -2.05. The highest BCUT2D eigenvalue weighted by molar-refractivity contribution is 5.89. The van der Waals surface area contributed by atoms with Crippen molar-refractivity contribution < 1.29 is 47.9 Å². The van der Waals surface area contributed by atoms with Crippen LogP contribution in [0.25, 0.3) is 0 Å². The van der Waals surface area contributed by atoms with Crippen molar-refractivity contribution in [2.75, 3.05) is 13.2 Å². The summed E-state index contributed by atoms with van der Waals surface area (Å²) >= 11 is 0. The summed E-state index contributed by atoms with van der Waals surface area (Å²) in [5, 5.41) is 11.5. The zero-order valence-electron chi connectivity index (χ0n) is 30.0. The highest BCUT2D eigenvalue weighted by atomic mass is 16.8. The summed E-state index contributed by atoms with van der Waals surface area (Å²) in [6.07, 6.45) is -5.38. The number of carbonyl (C=O) groups excluding carboxylic acids is 2. The normalized spacial score (nSPS) is 20.7. The van der Waals surface area contributed by atoms with E-state index in [2.05, 4.69) is 0 Å². The van der Waals surface area contributed by atoms with E-state index < -0.39 is 55.0 Å². The second kappa shape index (κ2) is 19.2. The third kappa shape index (κ3) is 11.2. The van der Waals surface area contributed by atoms with Crippen molar-refractivity contribution in [1.82, 2.24) is 0 Å². The van der Waals surface area contributed by atoms with Crippen molar-refractivity contribution in [3.8, 4) is 0 Å². The van der Waals surface area contributed by atoms with Crippen LogP contribution >= 0.6 is 0 Å². The number of hydrogen-bond donors (Lipinski definition) is 1. The molecule has 280 valence electrons. The molecule has 1 aliphatic heterocycles. The molecule has 1 heterocycles. The summed E-state index contributed by atoms with van der Waals surface area (Å²) in [5.74, 6) is -3.27. The lowest BCUT2D eigenvalue weighted by Gasteiger charge is -2.46. The average Bonchev–Trinajstić information content (AvgIpc) is 3.21. The first kappa shape index (κ1) is 38.5. The number of carbonyl (C=O) groups is 2. The first-order valence-electron chi connectivity index (χ1n) is 17.8. The highest BCUT2D eigenvalue weighted by Crippen LogP contribution is 2.33. The minimum Gasteiger partial charge on any atom is -0.456 e. The van der Waals surface area contributed by atoms with Gasteiger partial charge in [0.1, 0.15) is 24.9 Å². The third-order valence-corrected chi connectivity index (χ3v) is 8.66. The van der Waals surface area contributed by atoms with E-state index in [1.807, 2.05) is 97.1 Å². The Balaban J connectivity index is 1.32. The molecule has 6 atom stereocenters. The van der Waals surface area contributed by atoms with Crippen LogP contribution in [0.5, 0.6) is 0 Å². The predicted octanol–water partition coefficient (Wildman–Crippen LogP) is 6.91. The fourth-order valence-electron chi connectivity index (χ4n) is 5.92. The quantitative estimate of drug-likeness (QED) is 0.0799. The van der Waals surface area contributed by atoms with Gasteiger partial charge in [-0.3, -0.25) is 0 Å². The molecule has 10 heteroatoms. The Labute approximate surface area is 315 Å². The second-order valence-corrected chi connectivity index (χ2v) is 13.0. The van der Waals surface area contributed by atoms with Crippen LogP contribution in [0.1, 0.15) is 44.3 Å². The van der Waals surface area contributed by atoms with Gasteiger partial charge >= 0.3 is 11.9 Å². The van der Waals surface area contributed by atoms with Gasteiger partial charge < -0.3 is 38.3 Å². The first-order chi connectivity index (χ1) is 26.3. The van der Waals surface area contributed by atoms with Crippen LogP contribution in [0.15, 0.2) is 152 Å². The molecule has 0 amide bonds. The number of hydrogen-bond acceptors (Lipinski definition) is 10. The van der Waals surface area contributed by atoms with Crippen LogP contribution in [-0.2, 0) is 53.0 Å². The molecular formula is C44H44O10. The Morgan fingerprint density at radius 1 is 0.593 bits per heavy atom. The van der Waals surface area contributed by atoms with Gasteiger partial charge in [0.15, 0.2) is 18.2 Å². The SMILES string of the molecule is CC(O)(COC(=O)c1ccccc1)O[C@H]1OC(COCc2ccccc2)[C@H](OC(=O)c2ccccc2)C(OCc2ccccc2)C1OCc1ccccc1. The number of esters is 2. The van der Waals surface area contributed by atoms with E-state index in [1.54, 1.807) is 54.6 Å². The molecule has 54 heavy (non-hydrogen) atoms. The highest BCUT2D eigenvalue weighted by Gasteiger charge is 2.52. The smallest absolute Gasteiger partial charge is 0.338 e. The Hall–Kier alpha value is -5.20. The molecule has 0 spiro atoms. The monoisotopic (exact) mass is 732 g/mol. The fraction of sp³-hybridized carbons (Fsp3) is 0.273. The first-order valence-corrected chi connectivity index (χ1v) is 17.8. The van der Waals surface area contributed by atoms with Crippen molar-refractivity contribution in [3.63, 3.8) is 0 Å². The fourth-order valence-corrected chi connectivity index (χ4v) is 5.92. The molecule has 5 aromatic carbocycles. The van der Waals surface area contributed by atoms with Crippen LogP contribution in [0.2, 0.25) is 0 Å². The predicted molar refractivity (Wildman–Crippen MR) is 199 cm³/mol. The van der Waals surface area contributed by atoms with Crippen molar-refractivity contribution in [2.45, 2.75) is 63.2 Å². The number of ether oxygens (including phenoxy) is 7. The standard InChI is InChI=1S/C44H44O10/c1-44(47,31-51-41(45)35-23-13-5-14-24-35)54-43-40(50-29-34-21-11-4-12-22-34)39(49-28-33-19-9-3-10-20-33)38(53-42(46)36-25-15-6-16-26-36)37(52-43)30-48-27-32-17-7-2-8-18-32/h2-26,37-40,43,47H,27-31H2,1H3/t37?,38-,39?,40?,43+,44?/m0/s1. The zero-order valence-corrected chi connectivity index (χ0v) is 30.0. The molecule has 0 aromatic heterocycles. The van der Waals surface area contributed by atoms with Gasteiger partial charge in [-0.05, 0) is 47.9 Å². The van der Waals surface area contributed by atoms with E-state index in [0.29, 0.717) is 11.1 Å². The third-order valence-electron chi connectivity index (χ3n) is 8.66. The maximum absolute atomic E-state index is 13.7. The average molecular weight is 733 g/mol. The molecular weight excluding hydrogens is 688 g/mol. The van der Waals surface area contributed by atoms with E-state index in [9.17, 15) is 14.7 Å². The number of rotatable bonds is 17. The van der Waals surface area contributed by atoms with Crippen molar-refractivity contribution >= 4 is 11.9 Å². The van der Waals surface area contributed by atoms with Gasteiger partial charge in [-0.1, -0.05) is 127 Å². The molecule has 1 aliphatic rings. The lowest BCUT2D eigenvalue weighted by atomic mass is 9.97. The zero-order chi connectivity index (χ0) is 37.6. The Morgan fingerprint density at radius 3 is 1.56 bits per heavy atom. The topological polar surface area (TPSA) is 119 Å². The lowest BCUT2D eigenvalue weighted by molar-refractivity contribution is -0.372. The maximum Gasteiger partial charge on any atom is 0.338 e. The summed E-state index contributed by atoms with van der Waals surface area (Å²) in [7, 11) is 0. The molecule has 1 saturated heterocycles. The van der Waals surface area contributed by atoms with E-state index in [4.69, 9.17) is 33.2 Å². The van der Waals surface area contributed by atoms with Crippen LogP contribution in [0, 0.1) is 0 Å². The molecule has 10 nitrogen and oxygen atoms in total. The van der Waals surface area contributed by atoms with Gasteiger partial charge in [0.25, 0.3) is 0 Å². The molecule has 0 aliphatic carbocycles. The van der Waals surface area contributed by atoms with Gasteiger partial charge in [0.2, 0.25) is 0 Å². The second-order valence-electron chi connectivity index (χ2n) is 13.0. The maximum atomic E-state index is 13.7. The van der Waals surface area contributed by atoms with E-state index in [1.165, 1.54) is 6.92 Å². The van der Waals surface area contributed by atoms with Gasteiger partial charge in [0, 0.05) is 0 Å². The van der Waals surface area contributed by atoms with Crippen LogP contribution < -0.4 is 0 Å². The molecule has 0 bridgehead atoms. The Morgan fingerprint density at radius 2 is 1.04 bits per heavy atom. The van der Waals surface area contributed by atoms with E-state index in [-0.39, 0.29) is 26.4 Å². The summed E-state index contributed by atoms with van der Waals surface area (Å²) in [6, 6.07) is 45.8. The van der Waals surface area contributed by atoms with Crippen LogP contribution in [-0.4, -0.2) is 66.8 Å². The van der Waals surface area contributed by atoms with Gasteiger partial charge in [-0.15, -0.1) is 0 Å². The van der Waals surface area contributed by atoms with Crippen LogP contribution in [0.4, 0.5) is 0 Å². The van der Waals surface area contributed by atoms with Crippen LogP contribution in [0.3, 0.4) is 0 Å². The largest absolute Gasteiger partial charge is 0.456 e. The lowest BCUT2D eigenvalue weighted by Crippen LogP contribution is -2.63.